The number of hydrazine groups is 1. The number of hydrogen-bond donors (Lipinski definition) is 2. The third-order valence-corrected chi connectivity index (χ3v) is 3.89. The van der Waals surface area contributed by atoms with Crippen molar-refractivity contribution in [2.45, 2.75) is 25.8 Å². The molecule has 3 N–H and O–H groups in total. The molecule has 88 valence electrons. The highest BCUT2D eigenvalue weighted by atomic mass is 15.2. The Labute approximate surface area is 101 Å². The van der Waals surface area contributed by atoms with Crippen molar-refractivity contribution in [2.75, 3.05) is 0 Å². The first-order valence-corrected chi connectivity index (χ1v) is 6.04. The summed E-state index contributed by atoms with van der Waals surface area (Å²) in [6.07, 6.45) is 4.30. The molecule has 2 aromatic rings. The zero-order valence-corrected chi connectivity index (χ0v) is 9.98. The molecule has 1 heterocycles. The second-order valence-corrected chi connectivity index (χ2v) is 5.17. The van der Waals surface area contributed by atoms with Gasteiger partial charge in [0.25, 0.3) is 0 Å². The number of nitrogens with one attached hydrogen (secondary N) is 1. The minimum absolute atomic E-state index is 0.218. The summed E-state index contributed by atoms with van der Waals surface area (Å²) in [5.74, 6) is 5.75. The first kappa shape index (κ1) is 10.7. The van der Waals surface area contributed by atoms with Crippen LogP contribution in [0.25, 0.3) is 10.9 Å². The highest BCUT2D eigenvalue weighted by molar-refractivity contribution is 5.82. The Kier molecular flexibility index (Phi) is 2.38. The Morgan fingerprint density at radius 3 is 2.82 bits per heavy atom. The van der Waals surface area contributed by atoms with E-state index in [1.54, 1.807) is 0 Å². The SMILES string of the molecule is CC1(C(NN)c2cccc3ncccc23)CC1. The molecule has 1 fully saturated rings. The third kappa shape index (κ3) is 1.72. The van der Waals surface area contributed by atoms with Crippen LogP contribution in [-0.2, 0) is 0 Å². The first-order valence-electron chi connectivity index (χ1n) is 6.04. The van der Waals surface area contributed by atoms with E-state index in [4.69, 9.17) is 5.84 Å². The molecular formula is C14H17N3. The van der Waals surface area contributed by atoms with Gasteiger partial charge in [0, 0.05) is 11.6 Å². The van der Waals surface area contributed by atoms with Crippen molar-refractivity contribution in [3.05, 3.63) is 42.1 Å². The van der Waals surface area contributed by atoms with Gasteiger partial charge in [0.1, 0.15) is 0 Å². The molecule has 1 aromatic carbocycles. The van der Waals surface area contributed by atoms with Gasteiger partial charge >= 0.3 is 0 Å². The van der Waals surface area contributed by atoms with E-state index < -0.39 is 0 Å². The molecule has 3 rings (SSSR count). The fraction of sp³-hybridized carbons (Fsp3) is 0.357. The van der Waals surface area contributed by atoms with Crippen molar-refractivity contribution in [1.82, 2.24) is 10.4 Å². The number of rotatable bonds is 3. The van der Waals surface area contributed by atoms with Crippen LogP contribution in [0.2, 0.25) is 0 Å². The van der Waals surface area contributed by atoms with Crippen molar-refractivity contribution >= 4 is 10.9 Å². The highest BCUT2D eigenvalue weighted by Crippen LogP contribution is 2.54. The van der Waals surface area contributed by atoms with Crippen LogP contribution in [0.15, 0.2) is 36.5 Å². The van der Waals surface area contributed by atoms with E-state index in [2.05, 4.69) is 35.5 Å². The zero-order valence-electron chi connectivity index (χ0n) is 9.98. The van der Waals surface area contributed by atoms with Crippen molar-refractivity contribution in [1.29, 1.82) is 0 Å². The number of nitrogens with two attached hydrogens (primary N) is 1. The summed E-state index contributed by atoms with van der Waals surface area (Å²) >= 11 is 0. The van der Waals surface area contributed by atoms with Crippen molar-refractivity contribution < 1.29 is 0 Å². The summed E-state index contributed by atoms with van der Waals surface area (Å²) < 4.78 is 0. The molecule has 17 heavy (non-hydrogen) atoms. The standard InChI is InChI=1S/C14H17N3/c1-14(7-8-14)13(17-15)11-4-2-6-12-10(11)5-3-9-16-12/h2-6,9,13,17H,7-8,15H2,1H3. The predicted octanol–water partition coefficient (Wildman–Crippen LogP) is 2.54. The molecule has 0 bridgehead atoms. The van der Waals surface area contributed by atoms with Gasteiger partial charge in [0.15, 0.2) is 0 Å². The molecule has 0 saturated heterocycles. The van der Waals surface area contributed by atoms with E-state index in [0.29, 0.717) is 5.41 Å². The van der Waals surface area contributed by atoms with Gasteiger partial charge in [0.2, 0.25) is 0 Å². The van der Waals surface area contributed by atoms with Gasteiger partial charge in [-0.25, -0.2) is 0 Å². The number of fused-ring (bicyclic) bond motifs is 1. The quantitative estimate of drug-likeness (QED) is 0.626. The molecule has 1 unspecified atom stereocenters. The summed E-state index contributed by atoms with van der Waals surface area (Å²) in [6, 6.07) is 10.6. The second-order valence-electron chi connectivity index (χ2n) is 5.17. The minimum Gasteiger partial charge on any atom is -0.271 e. The molecule has 3 heteroatoms. The van der Waals surface area contributed by atoms with E-state index in [0.717, 1.165) is 5.52 Å². The van der Waals surface area contributed by atoms with Crippen LogP contribution in [0.5, 0.6) is 0 Å². The monoisotopic (exact) mass is 227 g/mol. The number of benzene rings is 1. The molecular weight excluding hydrogens is 210 g/mol. The van der Waals surface area contributed by atoms with Crippen LogP contribution in [0.1, 0.15) is 31.4 Å². The van der Waals surface area contributed by atoms with E-state index in [-0.39, 0.29) is 6.04 Å². The van der Waals surface area contributed by atoms with Crippen LogP contribution in [0, 0.1) is 5.41 Å². The molecule has 0 amide bonds. The normalized spacial score (nSPS) is 19.2. The fourth-order valence-electron chi connectivity index (χ4n) is 2.53. The maximum atomic E-state index is 5.75. The van der Waals surface area contributed by atoms with Gasteiger partial charge in [-0.05, 0) is 36.0 Å². The molecule has 1 aliphatic rings. The molecule has 1 aliphatic carbocycles. The summed E-state index contributed by atoms with van der Waals surface area (Å²) in [5.41, 5.74) is 5.59. The largest absolute Gasteiger partial charge is 0.271 e. The lowest BCUT2D eigenvalue weighted by Crippen LogP contribution is -2.33. The lowest BCUT2D eigenvalue weighted by Gasteiger charge is -2.24. The summed E-state index contributed by atoms with van der Waals surface area (Å²) in [7, 11) is 0. The Balaban J connectivity index is 2.16. The molecule has 1 atom stereocenters. The lowest BCUT2D eigenvalue weighted by molar-refractivity contribution is 0.374. The van der Waals surface area contributed by atoms with Gasteiger partial charge < -0.3 is 0 Å². The smallest absolute Gasteiger partial charge is 0.0705 e. The van der Waals surface area contributed by atoms with Crippen molar-refractivity contribution in [3.8, 4) is 0 Å². The fourth-order valence-corrected chi connectivity index (χ4v) is 2.53. The molecule has 1 saturated carbocycles. The molecule has 0 radical (unpaired) electrons. The van der Waals surface area contributed by atoms with Gasteiger partial charge in [-0.15, -0.1) is 0 Å². The van der Waals surface area contributed by atoms with E-state index in [9.17, 15) is 0 Å². The molecule has 0 spiro atoms. The Morgan fingerprint density at radius 1 is 1.29 bits per heavy atom. The Morgan fingerprint density at radius 2 is 2.12 bits per heavy atom. The molecule has 3 nitrogen and oxygen atoms in total. The first-order chi connectivity index (χ1) is 8.24. The van der Waals surface area contributed by atoms with Crippen LogP contribution in [0.3, 0.4) is 0 Å². The Bertz CT molecular complexity index is 541. The predicted molar refractivity (Wildman–Crippen MR) is 69.1 cm³/mol. The summed E-state index contributed by atoms with van der Waals surface area (Å²) in [6.45, 7) is 2.28. The van der Waals surface area contributed by atoms with Gasteiger partial charge in [-0.1, -0.05) is 25.1 Å². The van der Waals surface area contributed by atoms with Crippen LogP contribution >= 0.6 is 0 Å². The topological polar surface area (TPSA) is 50.9 Å². The highest BCUT2D eigenvalue weighted by Gasteiger charge is 2.45. The van der Waals surface area contributed by atoms with Crippen LogP contribution in [-0.4, -0.2) is 4.98 Å². The average Bonchev–Trinajstić information content (AvgIpc) is 3.09. The van der Waals surface area contributed by atoms with Crippen molar-refractivity contribution in [3.63, 3.8) is 0 Å². The number of pyridine rings is 1. The van der Waals surface area contributed by atoms with Crippen molar-refractivity contribution in [2.24, 2.45) is 11.3 Å². The van der Waals surface area contributed by atoms with Gasteiger partial charge in [-0.3, -0.25) is 16.3 Å². The number of aromatic nitrogens is 1. The maximum absolute atomic E-state index is 5.75. The maximum Gasteiger partial charge on any atom is 0.0705 e. The van der Waals surface area contributed by atoms with Crippen LogP contribution < -0.4 is 11.3 Å². The minimum atomic E-state index is 0.218. The zero-order chi connectivity index (χ0) is 11.9. The van der Waals surface area contributed by atoms with Gasteiger partial charge in [-0.2, -0.15) is 0 Å². The summed E-state index contributed by atoms with van der Waals surface area (Å²) in [5, 5.41) is 1.20. The number of hydrogen-bond acceptors (Lipinski definition) is 3. The third-order valence-electron chi connectivity index (χ3n) is 3.89. The number of nitrogens with zero attached hydrogens (tertiary/aromatic N) is 1. The lowest BCUT2D eigenvalue weighted by atomic mass is 9.90. The van der Waals surface area contributed by atoms with Crippen LogP contribution in [0.4, 0.5) is 0 Å². The molecule has 1 aromatic heterocycles. The van der Waals surface area contributed by atoms with E-state index in [1.807, 2.05) is 18.3 Å². The molecule has 0 aliphatic heterocycles. The van der Waals surface area contributed by atoms with E-state index >= 15 is 0 Å². The average molecular weight is 227 g/mol. The Hall–Kier alpha value is -1.45. The van der Waals surface area contributed by atoms with Gasteiger partial charge in [0.05, 0.1) is 11.6 Å². The second kappa shape index (κ2) is 3.79. The summed E-state index contributed by atoms with van der Waals surface area (Å²) in [4.78, 5) is 4.39. The van der Waals surface area contributed by atoms with E-state index in [1.165, 1.54) is 23.8 Å².